The summed E-state index contributed by atoms with van der Waals surface area (Å²) in [6.45, 7) is 4.69. The molecular formula is C28H33N3O4. The molecule has 184 valence electrons. The monoisotopic (exact) mass is 475 g/mol. The Morgan fingerprint density at radius 3 is 2.31 bits per heavy atom. The van der Waals surface area contributed by atoms with E-state index in [9.17, 15) is 4.79 Å². The molecule has 0 saturated carbocycles. The second-order valence-corrected chi connectivity index (χ2v) is 9.26. The van der Waals surface area contributed by atoms with Crippen molar-refractivity contribution < 1.29 is 19.0 Å². The summed E-state index contributed by atoms with van der Waals surface area (Å²) in [7, 11) is 3.27. The molecule has 7 nitrogen and oxygen atoms in total. The lowest BCUT2D eigenvalue weighted by atomic mass is 9.76. The SMILES string of the molecule is COc1ccc(C2=NN(Cc3ccccc3CN3CCOCC3)C(=O)[C@H]3CC=CC[C@@H]23)cc1OC. The van der Waals surface area contributed by atoms with Gasteiger partial charge in [0.1, 0.15) is 0 Å². The molecule has 0 spiro atoms. The third-order valence-electron chi connectivity index (χ3n) is 7.20. The van der Waals surface area contributed by atoms with E-state index in [-0.39, 0.29) is 17.7 Å². The summed E-state index contributed by atoms with van der Waals surface area (Å²) in [6, 6.07) is 14.3. The third-order valence-corrected chi connectivity index (χ3v) is 7.20. The molecule has 2 aliphatic heterocycles. The van der Waals surface area contributed by atoms with Gasteiger partial charge in [0.15, 0.2) is 11.5 Å². The van der Waals surface area contributed by atoms with E-state index in [1.165, 1.54) is 5.56 Å². The number of amides is 1. The minimum absolute atomic E-state index is 0.0606. The maximum absolute atomic E-state index is 13.6. The van der Waals surface area contributed by atoms with Crippen LogP contribution in [0, 0.1) is 11.8 Å². The first-order valence-corrected chi connectivity index (χ1v) is 12.3. The average Bonchev–Trinajstić information content (AvgIpc) is 2.91. The second-order valence-electron chi connectivity index (χ2n) is 9.26. The number of ether oxygens (including phenoxy) is 3. The number of methoxy groups -OCH3 is 2. The number of allylic oxidation sites excluding steroid dienone is 2. The number of rotatable bonds is 7. The number of carbonyl (C=O) groups excluding carboxylic acids is 1. The van der Waals surface area contributed by atoms with Crippen LogP contribution in [-0.4, -0.2) is 62.1 Å². The van der Waals surface area contributed by atoms with Crippen molar-refractivity contribution in [3.63, 3.8) is 0 Å². The normalized spacial score (nSPS) is 22.5. The van der Waals surface area contributed by atoms with Gasteiger partial charge in [-0.05, 0) is 42.2 Å². The highest BCUT2D eigenvalue weighted by molar-refractivity contribution is 6.07. The van der Waals surface area contributed by atoms with Crippen LogP contribution in [0.2, 0.25) is 0 Å². The quantitative estimate of drug-likeness (QED) is 0.569. The van der Waals surface area contributed by atoms with Crippen molar-refractivity contribution >= 4 is 11.6 Å². The van der Waals surface area contributed by atoms with Crippen LogP contribution in [-0.2, 0) is 22.6 Å². The van der Waals surface area contributed by atoms with Gasteiger partial charge >= 0.3 is 0 Å². The molecule has 35 heavy (non-hydrogen) atoms. The van der Waals surface area contributed by atoms with Crippen LogP contribution in [0.4, 0.5) is 0 Å². The lowest BCUT2D eigenvalue weighted by Crippen LogP contribution is -2.45. The van der Waals surface area contributed by atoms with Crippen LogP contribution in [0.15, 0.2) is 59.7 Å². The second kappa shape index (κ2) is 10.6. The number of benzene rings is 2. The number of fused-ring (bicyclic) bond motifs is 1. The van der Waals surface area contributed by atoms with E-state index < -0.39 is 0 Å². The third kappa shape index (κ3) is 4.97. The lowest BCUT2D eigenvalue weighted by Gasteiger charge is -2.37. The zero-order valence-electron chi connectivity index (χ0n) is 20.5. The molecule has 1 amide bonds. The molecule has 0 radical (unpaired) electrons. The largest absolute Gasteiger partial charge is 0.493 e. The molecule has 1 aliphatic carbocycles. The Morgan fingerprint density at radius 1 is 0.914 bits per heavy atom. The number of nitrogens with zero attached hydrogens (tertiary/aromatic N) is 3. The van der Waals surface area contributed by atoms with E-state index in [2.05, 4.69) is 35.3 Å². The van der Waals surface area contributed by atoms with E-state index in [4.69, 9.17) is 19.3 Å². The minimum atomic E-state index is -0.105. The Morgan fingerprint density at radius 2 is 1.60 bits per heavy atom. The topological polar surface area (TPSA) is 63.6 Å². The lowest BCUT2D eigenvalue weighted by molar-refractivity contribution is -0.138. The fourth-order valence-electron chi connectivity index (χ4n) is 5.24. The van der Waals surface area contributed by atoms with Crippen LogP contribution < -0.4 is 9.47 Å². The van der Waals surface area contributed by atoms with Gasteiger partial charge in [-0.3, -0.25) is 9.69 Å². The minimum Gasteiger partial charge on any atom is -0.493 e. The van der Waals surface area contributed by atoms with Gasteiger partial charge in [-0.2, -0.15) is 5.10 Å². The molecule has 0 N–H and O–H groups in total. The molecule has 1 fully saturated rings. The Labute approximate surface area is 207 Å². The highest BCUT2D eigenvalue weighted by Crippen LogP contribution is 2.37. The summed E-state index contributed by atoms with van der Waals surface area (Å²) >= 11 is 0. The standard InChI is InChI=1S/C28H33N3O4/c1-33-25-12-11-20(17-26(25)34-2)27-23-9-5-6-10-24(23)28(32)31(29-27)19-22-8-4-3-7-21(22)18-30-13-15-35-16-14-30/h3-8,11-12,17,23-24H,9-10,13-16,18-19H2,1-2H3/t23-,24+/m1/s1. The first kappa shape index (κ1) is 23.6. The zero-order valence-corrected chi connectivity index (χ0v) is 20.5. The number of hydrogen-bond acceptors (Lipinski definition) is 6. The van der Waals surface area contributed by atoms with Crippen molar-refractivity contribution in [2.24, 2.45) is 16.9 Å². The maximum atomic E-state index is 13.6. The molecule has 2 heterocycles. The summed E-state index contributed by atoms with van der Waals surface area (Å²) in [4.78, 5) is 16.0. The predicted molar refractivity (Wildman–Crippen MR) is 135 cm³/mol. The Kier molecular flexibility index (Phi) is 7.16. The van der Waals surface area contributed by atoms with Crippen LogP contribution in [0.1, 0.15) is 29.5 Å². The van der Waals surface area contributed by atoms with Crippen molar-refractivity contribution in [1.82, 2.24) is 9.91 Å². The van der Waals surface area contributed by atoms with E-state index in [1.54, 1.807) is 19.2 Å². The number of morpholine rings is 1. The summed E-state index contributed by atoms with van der Waals surface area (Å²) in [5.74, 6) is 1.40. The zero-order chi connectivity index (χ0) is 24.2. The molecule has 2 aromatic carbocycles. The van der Waals surface area contributed by atoms with Gasteiger partial charge in [-0.15, -0.1) is 0 Å². The first-order valence-electron chi connectivity index (χ1n) is 12.3. The smallest absolute Gasteiger partial charge is 0.247 e. The van der Waals surface area contributed by atoms with Gasteiger partial charge in [0, 0.05) is 31.1 Å². The molecule has 7 heteroatoms. The van der Waals surface area contributed by atoms with Gasteiger partial charge < -0.3 is 14.2 Å². The van der Waals surface area contributed by atoms with E-state index in [0.29, 0.717) is 18.0 Å². The fourth-order valence-corrected chi connectivity index (χ4v) is 5.24. The van der Waals surface area contributed by atoms with Crippen molar-refractivity contribution in [3.05, 3.63) is 71.3 Å². The Bertz CT molecular complexity index is 1120. The maximum Gasteiger partial charge on any atom is 0.247 e. The summed E-state index contributed by atoms with van der Waals surface area (Å²) < 4.78 is 16.5. The predicted octanol–water partition coefficient (Wildman–Crippen LogP) is 3.86. The van der Waals surface area contributed by atoms with Gasteiger partial charge in [0.2, 0.25) is 5.91 Å². The summed E-state index contributed by atoms with van der Waals surface area (Å²) in [6.07, 6.45) is 5.84. The molecule has 1 saturated heterocycles. The van der Waals surface area contributed by atoms with Gasteiger partial charge in [0.25, 0.3) is 0 Å². The highest BCUT2D eigenvalue weighted by Gasteiger charge is 2.40. The molecule has 0 aromatic heterocycles. The summed E-state index contributed by atoms with van der Waals surface area (Å²) in [5, 5.41) is 6.65. The molecule has 5 rings (SSSR count). The van der Waals surface area contributed by atoms with E-state index in [1.807, 2.05) is 24.3 Å². The van der Waals surface area contributed by atoms with Crippen LogP contribution in [0.25, 0.3) is 0 Å². The number of hydrogen-bond donors (Lipinski definition) is 0. The highest BCUT2D eigenvalue weighted by atomic mass is 16.5. The Hall–Kier alpha value is -3.16. The molecule has 2 atom stereocenters. The van der Waals surface area contributed by atoms with Gasteiger partial charge in [-0.25, -0.2) is 5.01 Å². The molecule has 2 aromatic rings. The molecular weight excluding hydrogens is 442 g/mol. The molecule has 0 unspecified atom stereocenters. The molecule has 3 aliphatic rings. The molecule has 0 bridgehead atoms. The van der Waals surface area contributed by atoms with Crippen LogP contribution >= 0.6 is 0 Å². The average molecular weight is 476 g/mol. The van der Waals surface area contributed by atoms with Crippen LogP contribution in [0.3, 0.4) is 0 Å². The van der Waals surface area contributed by atoms with Gasteiger partial charge in [-0.1, -0.05) is 36.4 Å². The van der Waals surface area contributed by atoms with E-state index >= 15 is 0 Å². The summed E-state index contributed by atoms with van der Waals surface area (Å²) in [5.41, 5.74) is 4.26. The number of carbonyl (C=O) groups is 1. The van der Waals surface area contributed by atoms with Gasteiger partial charge in [0.05, 0.1) is 45.6 Å². The fraction of sp³-hybridized carbons (Fsp3) is 0.429. The van der Waals surface area contributed by atoms with Crippen molar-refractivity contribution in [1.29, 1.82) is 0 Å². The van der Waals surface area contributed by atoms with Crippen LogP contribution in [0.5, 0.6) is 11.5 Å². The van der Waals surface area contributed by atoms with E-state index in [0.717, 1.165) is 62.5 Å². The van der Waals surface area contributed by atoms with Crippen molar-refractivity contribution in [2.45, 2.75) is 25.9 Å². The van der Waals surface area contributed by atoms with Crippen molar-refractivity contribution in [2.75, 3.05) is 40.5 Å². The number of hydrazone groups is 1. The Balaban J connectivity index is 1.47. The first-order chi connectivity index (χ1) is 17.2. The van der Waals surface area contributed by atoms with Crippen molar-refractivity contribution in [3.8, 4) is 11.5 Å².